The number of para-hydroxylation sites is 1. The van der Waals surface area contributed by atoms with E-state index in [4.69, 9.17) is 13.9 Å². The average Bonchev–Trinajstić information content (AvgIpc) is 3.31. The van der Waals surface area contributed by atoms with Crippen LogP contribution < -0.4 is 9.64 Å². The number of amides is 1. The van der Waals surface area contributed by atoms with Gasteiger partial charge in [0, 0.05) is 29.2 Å². The lowest BCUT2D eigenvalue weighted by Crippen LogP contribution is -2.39. The van der Waals surface area contributed by atoms with Gasteiger partial charge in [-0.2, -0.15) is 0 Å². The zero-order valence-electron chi connectivity index (χ0n) is 15.8. The maximum Gasteiger partial charge on any atom is 0.311 e. The Morgan fingerprint density at radius 1 is 1.21 bits per heavy atom. The lowest BCUT2D eigenvalue weighted by molar-refractivity contribution is -0.153. The summed E-state index contributed by atoms with van der Waals surface area (Å²) in [7, 11) is 1.58. The maximum atomic E-state index is 12.7. The number of rotatable bonds is 5. The molecule has 0 fully saturated rings. The zero-order chi connectivity index (χ0) is 19.7. The zero-order valence-corrected chi connectivity index (χ0v) is 15.8. The molecule has 6 heteroatoms. The van der Waals surface area contributed by atoms with Gasteiger partial charge in [0.05, 0.1) is 19.8 Å². The van der Waals surface area contributed by atoms with E-state index < -0.39 is 12.1 Å². The Hall–Kier alpha value is -3.28. The number of carbonyl (C=O) groups is 2. The number of carbonyl (C=O) groups excluding carboxylic acids is 2. The number of anilines is 1. The first-order valence-corrected chi connectivity index (χ1v) is 9.19. The van der Waals surface area contributed by atoms with E-state index >= 15 is 0 Å². The summed E-state index contributed by atoms with van der Waals surface area (Å²) in [6.07, 6.45) is 1.53. The number of fused-ring (bicyclic) bond motifs is 2. The van der Waals surface area contributed by atoms with Crippen molar-refractivity contribution < 1.29 is 23.5 Å². The fourth-order valence-corrected chi connectivity index (χ4v) is 3.56. The molecule has 4 rings (SSSR count). The Morgan fingerprint density at radius 2 is 2.04 bits per heavy atom. The maximum absolute atomic E-state index is 12.7. The van der Waals surface area contributed by atoms with Crippen LogP contribution in [0.15, 0.2) is 53.1 Å². The molecule has 0 saturated heterocycles. The smallest absolute Gasteiger partial charge is 0.311 e. The summed E-state index contributed by atoms with van der Waals surface area (Å²) < 4.78 is 16.1. The number of hydrogen-bond acceptors (Lipinski definition) is 5. The first-order chi connectivity index (χ1) is 13.6. The number of methoxy groups -OCH3 is 1. The van der Waals surface area contributed by atoms with Gasteiger partial charge in [-0.25, -0.2) is 0 Å². The Kier molecular flexibility index (Phi) is 4.77. The van der Waals surface area contributed by atoms with Gasteiger partial charge in [0.15, 0.2) is 6.10 Å². The summed E-state index contributed by atoms with van der Waals surface area (Å²) in [4.78, 5) is 26.8. The third-order valence-electron chi connectivity index (χ3n) is 5.01. The van der Waals surface area contributed by atoms with Crippen molar-refractivity contribution in [2.75, 3.05) is 18.6 Å². The highest BCUT2D eigenvalue weighted by atomic mass is 16.5. The molecular weight excluding hydrogens is 358 g/mol. The molecule has 1 aliphatic heterocycles. The van der Waals surface area contributed by atoms with Crippen molar-refractivity contribution in [2.45, 2.75) is 25.9 Å². The normalized spacial score (nSPS) is 14.0. The third kappa shape index (κ3) is 3.33. The molecule has 0 N–H and O–H groups in total. The molecule has 2 heterocycles. The second-order valence-corrected chi connectivity index (χ2v) is 6.80. The SMILES string of the molecule is COc1ccc2c(CC(=O)O[C@H](C)C(=O)N3CCc4ccccc43)coc2c1. The molecule has 0 bridgehead atoms. The van der Waals surface area contributed by atoms with Crippen LogP contribution in [-0.4, -0.2) is 31.6 Å². The number of benzene rings is 2. The minimum atomic E-state index is -0.850. The predicted octanol–water partition coefficient (Wildman–Crippen LogP) is 3.50. The molecule has 0 aliphatic carbocycles. The van der Waals surface area contributed by atoms with E-state index in [1.165, 1.54) is 6.26 Å². The lowest BCUT2D eigenvalue weighted by Gasteiger charge is -2.21. The van der Waals surface area contributed by atoms with Crippen LogP contribution in [0.3, 0.4) is 0 Å². The Balaban J connectivity index is 1.42. The highest BCUT2D eigenvalue weighted by Gasteiger charge is 2.29. The molecule has 1 atom stereocenters. The Bertz CT molecular complexity index is 1040. The molecule has 144 valence electrons. The first-order valence-electron chi connectivity index (χ1n) is 9.19. The summed E-state index contributed by atoms with van der Waals surface area (Å²) in [5, 5.41) is 0.824. The standard InChI is InChI=1S/C22H21NO5/c1-14(22(25)23-10-9-15-5-3-4-6-19(15)23)28-21(24)11-16-13-27-20-12-17(26-2)7-8-18(16)20/h3-8,12-14H,9-11H2,1-2H3/t14-/m1/s1. The fourth-order valence-electron chi connectivity index (χ4n) is 3.56. The van der Waals surface area contributed by atoms with E-state index in [9.17, 15) is 9.59 Å². The van der Waals surface area contributed by atoms with E-state index in [0.717, 1.165) is 23.1 Å². The van der Waals surface area contributed by atoms with E-state index in [1.54, 1.807) is 25.0 Å². The summed E-state index contributed by atoms with van der Waals surface area (Å²) in [5.41, 5.74) is 3.38. The summed E-state index contributed by atoms with van der Waals surface area (Å²) in [5.74, 6) is 0.00743. The van der Waals surface area contributed by atoms with Gasteiger partial charge in [-0.3, -0.25) is 9.59 Å². The van der Waals surface area contributed by atoms with Gasteiger partial charge in [0.2, 0.25) is 0 Å². The molecule has 1 amide bonds. The van der Waals surface area contributed by atoms with Crippen molar-refractivity contribution in [3.63, 3.8) is 0 Å². The monoisotopic (exact) mass is 379 g/mol. The van der Waals surface area contributed by atoms with Crippen molar-refractivity contribution in [1.82, 2.24) is 0 Å². The van der Waals surface area contributed by atoms with Crippen LogP contribution in [0.5, 0.6) is 5.75 Å². The molecular formula is C22H21NO5. The Morgan fingerprint density at radius 3 is 2.86 bits per heavy atom. The number of furan rings is 1. The minimum absolute atomic E-state index is 0.0353. The average molecular weight is 379 g/mol. The topological polar surface area (TPSA) is 69.0 Å². The number of nitrogens with zero attached hydrogens (tertiary/aromatic N) is 1. The van der Waals surface area contributed by atoms with Crippen molar-refractivity contribution in [2.24, 2.45) is 0 Å². The van der Waals surface area contributed by atoms with E-state index in [2.05, 4.69) is 0 Å². The van der Waals surface area contributed by atoms with Crippen molar-refractivity contribution >= 4 is 28.5 Å². The molecule has 2 aromatic carbocycles. The number of esters is 1. The van der Waals surface area contributed by atoms with Gasteiger partial charge in [-0.05, 0) is 37.1 Å². The van der Waals surface area contributed by atoms with Gasteiger partial charge < -0.3 is 18.8 Å². The molecule has 6 nitrogen and oxygen atoms in total. The third-order valence-corrected chi connectivity index (χ3v) is 5.01. The van der Waals surface area contributed by atoms with Crippen LogP contribution in [-0.2, 0) is 27.2 Å². The molecule has 0 radical (unpaired) electrons. The molecule has 28 heavy (non-hydrogen) atoms. The largest absolute Gasteiger partial charge is 0.497 e. The molecule has 0 unspecified atom stereocenters. The second kappa shape index (κ2) is 7.38. The van der Waals surface area contributed by atoms with Gasteiger partial charge >= 0.3 is 5.97 Å². The van der Waals surface area contributed by atoms with Crippen LogP contribution in [0.25, 0.3) is 11.0 Å². The highest BCUT2D eigenvalue weighted by Crippen LogP contribution is 2.29. The van der Waals surface area contributed by atoms with Gasteiger partial charge in [0.25, 0.3) is 5.91 Å². The lowest BCUT2D eigenvalue weighted by atomic mass is 10.1. The molecule has 0 spiro atoms. The van der Waals surface area contributed by atoms with Crippen molar-refractivity contribution in [3.8, 4) is 5.75 Å². The van der Waals surface area contributed by atoms with E-state index in [-0.39, 0.29) is 12.3 Å². The van der Waals surface area contributed by atoms with Crippen LogP contribution in [0.1, 0.15) is 18.1 Å². The first kappa shape index (κ1) is 18.1. The van der Waals surface area contributed by atoms with E-state index in [0.29, 0.717) is 23.4 Å². The van der Waals surface area contributed by atoms with Gasteiger partial charge in [-0.1, -0.05) is 18.2 Å². The van der Waals surface area contributed by atoms with Gasteiger partial charge in [-0.15, -0.1) is 0 Å². The highest BCUT2D eigenvalue weighted by molar-refractivity contribution is 5.99. The number of ether oxygens (including phenoxy) is 2. The van der Waals surface area contributed by atoms with Crippen molar-refractivity contribution in [3.05, 3.63) is 59.9 Å². The van der Waals surface area contributed by atoms with Crippen LogP contribution in [0, 0.1) is 0 Å². The van der Waals surface area contributed by atoms with Gasteiger partial charge in [0.1, 0.15) is 11.3 Å². The predicted molar refractivity (Wildman–Crippen MR) is 105 cm³/mol. The van der Waals surface area contributed by atoms with Crippen LogP contribution >= 0.6 is 0 Å². The quantitative estimate of drug-likeness (QED) is 0.635. The summed E-state index contributed by atoms with van der Waals surface area (Å²) in [6, 6.07) is 13.2. The summed E-state index contributed by atoms with van der Waals surface area (Å²) >= 11 is 0. The number of hydrogen-bond donors (Lipinski definition) is 0. The molecule has 1 aliphatic rings. The second-order valence-electron chi connectivity index (χ2n) is 6.80. The van der Waals surface area contributed by atoms with E-state index in [1.807, 2.05) is 36.4 Å². The van der Waals surface area contributed by atoms with Crippen molar-refractivity contribution in [1.29, 1.82) is 0 Å². The Labute approximate surface area is 162 Å². The molecule has 1 aromatic heterocycles. The minimum Gasteiger partial charge on any atom is -0.497 e. The summed E-state index contributed by atoms with van der Waals surface area (Å²) in [6.45, 7) is 2.22. The fraction of sp³-hybridized carbons (Fsp3) is 0.273. The molecule has 0 saturated carbocycles. The molecule has 3 aromatic rings. The van der Waals surface area contributed by atoms with Crippen LogP contribution in [0.2, 0.25) is 0 Å². The van der Waals surface area contributed by atoms with Crippen LogP contribution in [0.4, 0.5) is 5.69 Å².